The van der Waals surface area contributed by atoms with Gasteiger partial charge in [0, 0.05) is 10.0 Å². The summed E-state index contributed by atoms with van der Waals surface area (Å²) in [7, 11) is 0. The van der Waals surface area contributed by atoms with Gasteiger partial charge < -0.3 is 10.5 Å². The van der Waals surface area contributed by atoms with Crippen LogP contribution in [-0.4, -0.2) is 6.10 Å². The minimum absolute atomic E-state index is 0. The van der Waals surface area contributed by atoms with Crippen LogP contribution < -0.4 is 10.5 Å². The largest absolute Gasteiger partial charge is 0.488 e. The van der Waals surface area contributed by atoms with E-state index in [0.717, 1.165) is 15.8 Å². The fourth-order valence-corrected chi connectivity index (χ4v) is 1.75. The van der Waals surface area contributed by atoms with E-state index < -0.39 is 0 Å². The molecule has 1 aromatic carbocycles. The number of nitrogens with two attached hydrogens (primary N) is 1. The van der Waals surface area contributed by atoms with Crippen LogP contribution in [0.4, 0.5) is 0 Å². The van der Waals surface area contributed by atoms with Crippen LogP contribution in [0.5, 0.6) is 5.75 Å². The summed E-state index contributed by atoms with van der Waals surface area (Å²) in [5.74, 6) is 0.907. The third-order valence-electron chi connectivity index (χ3n) is 2.15. The van der Waals surface area contributed by atoms with E-state index in [4.69, 9.17) is 10.5 Å². The van der Waals surface area contributed by atoms with Gasteiger partial charge in [-0.15, -0.1) is 12.4 Å². The van der Waals surface area contributed by atoms with Crippen LogP contribution in [0.25, 0.3) is 0 Å². The number of fused-ring (bicyclic) bond motifs is 1. The van der Waals surface area contributed by atoms with Gasteiger partial charge in [0.2, 0.25) is 0 Å². The van der Waals surface area contributed by atoms with Crippen molar-refractivity contribution in [2.24, 2.45) is 5.73 Å². The zero-order chi connectivity index (χ0) is 8.72. The number of rotatable bonds is 0. The summed E-state index contributed by atoms with van der Waals surface area (Å²) in [6.07, 6.45) is 0.0919. The smallest absolute Gasteiger partial charge is 0.125 e. The predicted octanol–water partition coefficient (Wildman–Crippen LogP) is 2.65. The van der Waals surface area contributed by atoms with E-state index in [1.165, 1.54) is 0 Å². The number of hydrogen-bond donors (Lipinski definition) is 1. The molecule has 0 saturated heterocycles. The van der Waals surface area contributed by atoms with Crippen LogP contribution in [0.3, 0.4) is 0 Å². The summed E-state index contributed by atoms with van der Waals surface area (Å²) in [5.41, 5.74) is 7.00. The van der Waals surface area contributed by atoms with Crippen LogP contribution in [-0.2, 0) is 0 Å². The van der Waals surface area contributed by atoms with Crippen molar-refractivity contribution in [3.8, 4) is 5.75 Å². The fourth-order valence-electron chi connectivity index (χ4n) is 1.41. The van der Waals surface area contributed by atoms with Gasteiger partial charge in [0.25, 0.3) is 0 Å². The maximum atomic E-state index is 5.90. The van der Waals surface area contributed by atoms with Gasteiger partial charge in [0.15, 0.2) is 0 Å². The fraction of sp³-hybridized carbons (Fsp3) is 0.333. The highest BCUT2D eigenvalue weighted by Gasteiger charge is 2.27. The molecular formula is C9H11BrClNO. The normalized spacial score (nSPS) is 24.5. The number of benzene rings is 1. The predicted molar refractivity (Wildman–Crippen MR) is 58.4 cm³/mol. The molecule has 0 saturated carbocycles. The molecule has 0 amide bonds. The second kappa shape index (κ2) is 3.86. The minimum atomic E-state index is 0. The van der Waals surface area contributed by atoms with E-state index in [2.05, 4.69) is 15.9 Å². The van der Waals surface area contributed by atoms with Crippen molar-refractivity contribution < 1.29 is 4.74 Å². The molecule has 1 heterocycles. The van der Waals surface area contributed by atoms with Crippen LogP contribution in [0.2, 0.25) is 0 Å². The molecule has 0 fully saturated rings. The van der Waals surface area contributed by atoms with Crippen molar-refractivity contribution in [1.82, 2.24) is 0 Å². The van der Waals surface area contributed by atoms with Gasteiger partial charge in [0.1, 0.15) is 11.9 Å². The van der Waals surface area contributed by atoms with E-state index in [9.17, 15) is 0 Å². The van der Waals surface area contributed by atoms with Gasteiger partial charge in [-0.3, -0.25) is 0 Å². The lowest BCUT2D eigenvalue weighted by Gasteiger charge is -2.07. The first-order valence-electron chi connectivity index (χ1n) is 3.90. The molecule has 72 valence electrons. The molecule has 0 radical (unpaired) electrons. The van der Waals surface area contributed by atoms with E-state index in [0.29, 0.717) is 0 Å². The van der Waals surface area contributed by atoms with Gasteiger partial charge in [-0.2, -0.15) is 0 Å². The summed E-state index contributed by atoms with van der Waals surface area (Å²) in [6.45, 7) is 1.98. The van der Waals surface area contributed by atoms with Gasteiger partial charge in [-0.1, -0.05) is 22.0 Å². The molecule has 0 aromatic heterocycles. The van der Waals surface area contributed by atoms with E-state index in [-0.39, 0.29) is 24.6 Å². The van der Waals surface area contributed by atoms with Gasteiger partial charge in [-0.25, -0.2) is 0 Å². The molecule has 0 aliphatic carbocycles. The molecule has 2 atom stereocenters. The Balaban J connectivity index is 0.000000845. The highest BCUT2D eigenvalue weighted by molar-refractivity contribution is 9.10. The molecule has 13 heavy (non-hydrogen) atoms. The highest BCUT2D eigenvalue weighted by atomic mass is 79.9. The Hall–Kier alpha value is -0.250. The highest BCUT2D eigenvalue weighted by Crippen LogP contribution is 2.36. The van der Waals surface area contributed by atoms with E-state index in [1.807, 2.05) is 25.1 Å². The zero-order valence-corrected chi connectivity index (χ0v) is 9.56. The van der Waals surface area contributed by atoms with Crippen LogP contribution in [0, 0.1) is 0 Å². The maximum Gasteiger partial charge on any atom is 0.125 e. The summed E-state index contributed by atoms with van der Waals surface area (Å²) in [4.78, 5) is 0. The first kappa shape index (κ1) is 10.8. The summed E-state index contributed by atoms with van der Waals surface area (Å²) in [6, 6.07) is 5.97. The van der Waals surface area contributed by atoms with Crippen molar-refractivity contribution in [2.45, 2.75) is 19.1 Å². The maximum absolute atomic E-state index is 5.90. The molecule has 0 spiro atoms. The minimum Gasteiger partial charge on any atom is -0.488 e. The molecule has 2 rings (SSSR count). The van der Waals surface area contributed by atoms with Crippen molar-refractivity contribution >= 4 is 28.3 Å². The zero-order valence-electron chi connectivity index (χ0n) is 7.16. The molecule has 0 bridgehead atoms. The van der Waals surface area contributed by atoms with Crippen LogP contribution >= 0.6 is 28.3 Å². The number of halogens is 2. The Morgan fingerprint density at radius 3 is 2.85 bits per heavy atom. The first-order valence-corrected chi connectivity index (χ1v) is 4.69. The third-order valence-corrected chi connectivity index (χ3v) is 2.65. The monoisotopic (exact) mass is 263 g/mol. The van der Waals surface area contributed by atoms with Gasteiger partial charge in [0.05, 0.1) is 6.04 Å². The Labute approximate surface area is 92.0 Å². The lowest BCUT2D eigenvalue weighted by atomic mass is 10.1. The number of hydrogen-bond acceptors (Lipinski definition) is 2. The molecule has 2 nitrogen and oxygen atoms in total. The Bertz CT molecular complexity index is 318. The van der Waals surface area contributed by atoms with Crippen molar-refractivity contribution in [3.63, 3.8) is 0 Å². The molecule has 2 N–H and O–H groups in total. The third kappa shape index (κ3) is 1.82. The molecule has 1 aliphatic rings. The average molecular weight is 265 g/mol. The van der Waals surface area contributed by atoms with Crippen LogP contribution in [0.15, 0.2) is 22.7 Å². The molecule has 4 heteroatoms. The first-order chi connectivity index (χ1) is 5.68. The average Bonchev–Trinajstić information content (AvgIpc) is 2.28. The SMILES string of the molecule is CC1Oc2cc(Br)ccc2C1N.Cl. The lowest BCUT2D eigenvalue weighted by molar-refractivity contribution is 0.228. The van der Waals surface area contributed by atoms with E-state index in [1.54, 1.807) is 0 Å². The summed E-state index contributed by atoms with van der Waals surface area (Å²) >= 11 is 3.38. The second-order valence-electron chi connectivity index (χ2n) is 3.03. The number of ether oxygens (including phenoxy) is 1. The second-order valence-corrected chi connectivity index (χ2v) is 3.95. The summed E-state index contributed by atoms with van der Waals surface area (Å²) < 4.78 is 6.58. The molecule has 1 aromatic rings. The topological polar surface area (TPSA) is 35.2 Å². The molecule has 1 aliphatic heterocycles. The van der Waals surface area contributed by atoms with E-state index >= 15 is 0 Å². The standard InChI is InChI=1S/C9H10BrNO.ClH/c1-5-9(11)7-3-2-6(10)4-8(7)12-5;/h2-5,9H,11H2,1H3;1H. The van der Waals surface area contributed by atoms with Crippen molar-refractivity contribution in [1.29, 1.82) is 0 Å². The Morgan fingerprint density at radius 2 is 2.15 bits per heavy atom. The quantitative estimate of drug-likeness (QED) is 0.782. The van der Waals surface area contributed by atoms with Crippen molar-refractivity contribution in [3.05, 3.63) is 28.2 Å². The summed E-state index contributed by atoms with van der Waals surface area (Å²) in [5, 5.41) is 0. The Kier molecular flexibility index (Phi) is 3.22. The molecule has 2 unspecified atom stereocenters. The van der Waals surface area contributed by atoms with Crippen molar-refractivity contribution in [2.75, 3.05) is 0 Å². The van der Waals surface area contributed by atoms with Crippen LogP contribution in [0.1, 0.15) is 18.5 Å². The lowest BCUT2D eigenvalue weighted by Crippen LogP contribution is -2.21. The van der Waals surface area contributed by atoms with Gasteiger partial charge in [-0.05, 0) is 19.1 Å². The Morgan fingerprint density at radius 1 is 1.46 bits per heavy atom. The molecular weight excluding hydrogens is 253 g/mol. The van der Waals surface area contributed by atoms with Gasteiger partial charge >= 0.3 is 0 Å².